The van der Waals surface area contributed by atoms with E-state index in [-0.39, 0.29) is 29.8 Å². The van der Waals surface area contributed by atoms with Gasteiger partial charge in [-0.2, -0.15) is 0 Å². The zero-order valence-electron chi connectivity index (χ0n) is 13.8. The van der Waals surface area contributed by atoms with E-state index in [4.69, 9.17) is 5.73 Å². The highest BCUT2D eigenvalue weighted by Gasteiger charge is 2.37. The fourth-order valence-corrected chi connectivity index (χ4v) is 2.97. The second kappa shape index (κ2) is 7.95. The van der Waals surface area contributed by atoms with Crippen molar-refractivity contribution in [2.75, 3.05) is 26.7 Å². The summed E-state index contributed by atoms with van der Waals surface area (Å²) in [5.41, 5.74) is 7.17. The lowest BCUT2D eigenvalue weighted by Gasteiger charge is -2.29. The predicted molar refractivity (Wildman–Crippen MR) is 93.0 cm³/mol. The minimum absolute atomic E-state index is 0. The number of benzene rings is 1. The Kier molecular flexibility index (Phi) is 6.85. The number of nitrogens with zero attached hydrogens (tertiary/aromatic N) is 2. The van der Waals surface area contributed by atoms with E-state index in [2.05, 4.69) is 24.0 Å². The standard InChI is InChI=1S/C17H27N3O.ClH/c1-14(20-10-9-17(2,12-18)13-20)16(21)19(3)11-15-7-5-4-6-8-15;/h4-8,14H,9-13,18H2,1-3H3;1H. The Bertz CT molecular complexity index is 482. The Morgan fingerprint density at radius 1 is 1.41 bits per heavy atom. The molecule has 2 atom stereocenters. The molecule has 1 saturated heterocycles. The van der Waals surface area contributed by atoms with E-state index in [1.54, 1.807) is 0 Å². The molecule has 4 nitrogen and oxygen atoms in total. The molecule has 1 aliphatic rings. The number of halogens is 1. The Morgan fingerprint density at radius 3 is 2.59 bits per heavy atom. The van der Waals surface area contributed by atoms with Gasteiger partial charge in [-0.15, -0.1) is 12.4 Å². The van der Waals surface area contributed by atoms with Crippen molar-refractivity contribution in [3.8, 4) is 0 Å². The first-order valence-corrected chi connectivity index (χ1v) is 7.68. The first kappa shape index (κ1) is 18.9. The van der Waals surface area contributed by atoms with Gasteiger partial charge in [-0.3, -0.25) is 9.69 Å². The van der Waals surface area contributed by atoms with Gasteiger partial charge < -0.3 is 10.6 Å². The maximum Gasteiger partial charge on any atom is 0.239 e. The summed E-state index contributed by atoms with van der Waals surface area (Å²) in [6.07, 6.45) is 1.07. The molecule has 1 heterocycles. The second-order valence-corrected chi connectivity index (χ2v) is 6.59. The van der Waals surface area contributed by atoms with Crippen LogP contribution in [0.25, 0.3) is 0 Å². The molecule has 0 bridgehead atoms. The number of likely N-dealkylation sites (tertiary alicyclic amines) is 1. The van der Waals surface area contributed by atoms with Gasteiger partial charge in [0.05, 0.1) is 6.04 Å². The molecule has 0 spiro atoms. The van der Waals surface area contributed by atoms with Crippen molar-refractivity contribution in [1.82, 2.24) is 9.80 Å². The molecule has 124 valence electrons. The third kappa shape index (κ3) is 4.45. The summed E-state index contributed by atoms with van der Waals surface area (Å²) < 4.78 is 0. The molecular weight excluding hydrogens is 298 g/mol. The van der Waals surface area contributed by atoms with Crippen LogP contribution in [0.1, 0.15) is 25.8 Å². The van der Waals surface area contributed by atoms with E-state index in [0.717, 1.165) is 25.1 Å². The number of carbonyl (C=O) groups excluding carboxylic acids is 1. The van der Waals surface area contributed by atoms with Crippen molar-refractivity contribution in [2.24, 2.45) is 11.1 Å². The molecule has 1 aliphatic heterocycles. The highest BCUT2D eigenvalue weighted by Crippen LogP contribution is 2.30. The predicted octanol–water partition coefficient (Wildman–Crippen LogP) is 2.13. The van der Waals surface area contributed by atoms with Crippen LogP contribution in [0.5, 0.6) is 0 Å². The number of hydrogen-bond donors (Lipinski definition) is 1. The van der Waals surface area contributed by atoms with Gasteiger partial charge in [0.15, 0.2) is 0 Å². The summed E-state index contributed by atoms with van der Waals surface area (Å²) in [6, 6.07) is 10.0. The van der Waals surface area contributed by atoms with Crippen molar-refractivity contribution in [2.45, 2.75) is 32.9 Å². The van der Waals surface area contributed by atoms with E-state index in [9.17, 15) is 4.79 Å². The molecule has 1 aromatic carbocycles. The molecule has 2 unspecified atom stereocenters. The van der Waals surface area contributed by atoms with E-state index < -0.39 is 0 Å². The Hall–Kier alpha value is -1.10. The van der Waals surface area contributed by atoms with Gasteiger partial charge in [-0.05, 0) is 37.4 Å². The highest BCUT2D eigenvalue weighted by molar-refractivity contribution is 5.85. The average molecular weight is 326 g/mol. The highest BCUT2D eigenvalue weighted by atomic mass is 35.5. The summed E-state index contributed by atoms with van der Waals surface area (Å²) in [4.78, 5) is 16.7. The van der Waals surface area contributed by atoms with Crippen LogP contribution in [-0.4, -0.2) is 48.4 Å². The molecule has 5 heteroatoms. The number of rotatable bonds is 5. The lowest BCUT2D eigenvalue weighted by atomic mass is 9.90. The Balaban J connectivity index is 0.00000242. The van der Waals surface area contributed by atoms with E-state index >= 15 is 0 Å². The number of amides is 1. The lowest BCUT2D eigenvalue weighted by Crippen LogP contribution is -2.45. The summed E-state index contributed by atoms with van der Waals surface area (Å²) >= 11 is 0. The second-order valence-electron chi connectivity index (χ2n) is 6.59. The summed E-state index contributed by atoms with van der Waals surface area (Å²) in [7, 11) is 1.88. The first-order chi connectivity index (χ1) is 9.95. The maximum absolute atomic E-state index is 12.6. The van der Waals surface area contributed by atoms with Gasteiger partial charge in [-0.25, -0.2) is 0 Å². The quantitative estimate of drug-likeness (QED) is 0.902. The van der Waals surface area contributed by atoms with Gasteiger partial charge in [-0.1, -0.05) is 37.3 Å². The zero-order chi connectivity index (χ0) is 15.5. The van der Waals surface area contributed by atoms with E-state index in [1.807, 2.05) is 37.1 Å². The van der Waals surface area contributed by atoms with Gasteiger partial charge in [0, 0.05) is 20.1 Å². The van der Waals surface area contributed by atoms with E-state index in [1.165, 1.54) is 0 Å². The molecule has 0 saturated carbocycles. The zero-order valence-corrected chi connectivity index (χ0v) is 14.6. The number of carbonyl (C=O) groups is 1. The van der Waals surface area contributed by atoms with E-state index in [0.29, 0.717) is 13.1 Å². The largest absolute Gasteiger partial charge is 0.340 e. The third-order valence-electron chi connectivity index (χ3n) is 4.62. The smallest absolute Gasteiger partial charge is 0.239 e. The average Bonchev–Trinajstić information content (AvgIpc) is 2.90. The normalized spacial score (nSPS) is 22.9. The number of likely N-dealkylation sites (N-methyl/N-ethyl adjacent to an activating group) is 1. The van der Waals surface area contributed by atoms with Gasteiger partial charge in [0.2, 0.25) is 5.91 Å². The number of hydrogen-bond acceptors (Lipinski definition) is 3. The van der Waals surface area contributed by atoms with Crippen molar-refractivity contribution in [3.63, 3.8) is 0 Å². The first-order valence-electron chi connectivity index (χ1n) is 7.68. The molecule has 1 amide bonds. The Morgan fingerprint density at radius 2 is 2.05 bits per heavy atom. The molecule has 1 fully saturated rings. The van der Waals surface area contributed by atoms with Crippen molar-refractivity contribution >= 4 is 18.3 Å². The van der Waals surface area contributed by atoms with Crippen molar-refractivity contribution in [1.29, 1.82) is 0 Å². The number of nitrogens with two attached hydrogens (primary N) is 1. The maximum atomic E-state index is 12.6. The van der Waals surface area contributed by atoms with Crippen LogP contribution in [0, 0.1) is 5.41 Å². The molecule has 22 heavy (non-hydrogen) atoms. The Labute approximate surface area is 140 Å². The molecule has 0 radical (unpaired) electrons. The topological polar surface area (TPSA) is 49.6 Å². The third-order valence-corrected chi connectivity index (χ3v) is 4.62. The molecule has 1 aromatic rings. The molecular formula is C17H28ClN3O. The van der Waals surface area contributed by atoms with Gasteiger partial charge >= 0.3 is 0 Å². The molecule has 0 aromatic heterocycles. The summed E-state index contributed by atoms with van der Waals surface area (Å²) in [6.45, 7) is 7.43. The fraction of sp³-hybridized carbons (Fsp3) is 0.588. The van der Waals surface area contributed by atoms with Crippen LogP contribution in [0.2, 0.25) is 0 Å². The van der Waals surface area contributed by atoms with Crippen LogP contribution < -0.4 is 5.73 Å². The van der Waals surface area contributed by atoms with Crippen LogP contribution in [-0.2, 0) is 11.3 Å². The van der Waals surface area contributed by atoms with Crippen LogP contribution in [0.4, 0.5) is 0 Å². The van der Waals surface area contributed by atoms with Crippen molar-refractivity contribution in [3.05, 3.63) is 35.9 Å². The minimum Gasteiger partial charge on any atom is -0.340 e. The summed E-state index contributed by atoms with van der Waals surface area (Å²) in [5, 5.41) is 0. The van der Waals surface area contributed by atoms with Gasteiger partial charge in [0.25, 0.3) is 0 Å². The monoisotopic (exact) mass is 325 g/mol. The minimum atomic E-state index is -0.0768. The van der Waals surface area contributed by atoms with Crippen LogP contribution in [0.15, 0.2) is 30.3 Å². The SMILES string of the molecule is CC(C(=O)N(C)Cc1ccccc1)N1CCC(C)(CN)C1.Cl. The van der Waals surface area contributed by atoms with Crippen LogP contribution >= 0.6 is 12.4 Å². The lowest BCUT2D eigenvalue weighted by molar-refractivity contribution is -0.135. The molecule has 2 N–H and O–H groups in total. The van der Waals surface area contributed by atoms with Crippen molar-refractivity contribution < 1.29 is 4.79 Å². The molecule has 0 aliphatic carbocycles. The van der Waals surface area contributed by atoms with Gasteiger partial charge in [0.1, 0.15) is 0 Å². The fourth-order valence-electron chi connectivity index (χ4n) is 2.97. The molecule has 2 rings (SSSR count). The summed E-state index contributed by atoms with van der Waals surface area (Å²) in [5.74, 6) is 0.181. The van der Waals surface area contributed by atoms with Crippen LogP contribution in [0.3, 0.4) is 0 Å².